The largest absolute Gasteiger partial charge is 0.493 e. The number of hydrogen-bond donors (Lipinski definition) is 1. The smallest absolute Gasteiger partial charge is 0.162 e. The molecule has 0 aliphatic heterocycles. The van der Waals surface area contributed by atoms with Gasteiger partial charge in [-0.1, -0.05) is 45.8 Å². The van der Waals surface area contributed by atoms with Crippen LogP contribution in [0.3, 0.4) is 0 Å². The van der Waals surface area contributed by atoms with E-state index in [1.807, 2.05) is 25.1 Å². The van der Waals surface area contributed by atoms with Crippen molar-refractivity contribution in [1.29, 1.82) is 0 Å². The Balaban J connectivity index is 1.95. The molecule has 0 atom stereocenters. The van der Waals surface area contributed by atoms with Crippen molar-refractivity contribution < 1.29 is 14.2 Å². The zero-order chi connectivity index (χ0) is 18.8. The molecule has 0 unspecified atom stereocenters. The van der Waals surface area contributed by atoms with Crippen LogP contribution < -0.4 is 14.8 Å². The van der Waals surface area contributed by atoms with Crippen LogP contribution in [0.2, 0.25) is 0 Å². The average Bonchev–Trinajstić information content (AvgIpc) is 2.64. The first kappa shape index (κ1) is 20.7. The van der Waals surface area contributed by atoms with Gasteiger partial charge in [-0.05, 0) is 50.1 Å². The number of ether oxygens (including phenoxy) is 3. The predicted molar refractivity (Wildman–Crippen MR) is 109 cm³/mol. The molecule has 0 saturated carbocycles. The number of benzene rings is 2. The number of nitrogens with one attached hydrogen (secondary N) is 1. The van der Waals surface area contributed by atoms with Gasteiger partial charge in [-0.2, -0.15) is 0 Å². The summed E-state index contributed by atoms with van der Waals surface area (Å²) >= 11 is 3.64. The lowest BCUT2D eigenvalue weighted by atomic mass is 10.1. The molecule has 26 heavy (non-hydrogen) atoms. The van der Waals surface area contributed by atoms with Crippen molar-refractivity contribution in [2.24, 2.45) is 0 Å². The normalized spacial score (nSPS) is 10.8. The minimum Gasteiger partial charge on any atom is -0.493 e. The Labute approximate surface area is 165 Å². The first-order valence-corrected chi connectivity index (χ1v) is 9.76. The van der Waals surface area contributed by atoms with Crippen LogP contribution in [-0.4, -0.2) is 26.9 Å². The summed E-state index contributed by atoms with van der Waals surface area (Å²) in [5.74, 6) is 1.48. The van der Waals surface area contributed by atoms with E-state index >= 15 is 0 Å². The summed E-state index contributed by atoms with van der Waals surface area (Å²) in [6.07, 6.45) is 1.00. The van der Waals surface area contributed by atoms with Crippen molar-refractivity contribution in [3.05, 3.63) is 57.6 Å². The molecule has 0 fully saturated rings. The number of halogens is 1. The van der Waals surface area contributed by atoms with Gasteiger partial charge in [0, 0.05) is 24.2 Å². The lowest BCUT2D eigenvalue weighted by molar-refractivity contribution is 0.144. The second kappa shape index (κ2) is 11.2. The van der Waals surface area contributed by atoms with E-state index in [1.54, 1.807) is 7.11 Å². The molecule has 1 N–H and O–H groups in total. The highest BCUT2D eigenvalue weighted by molar-refractivity contribution is 9.10. The summed E-state index contributed by atoms with van der Waals surface area (Å²) in [4.78, 5) is 0. The topological polar surface area (TPSA) is 39.7 Å². The first-order chi connectivity index (χ1) is 12.6. The number of aryl methyl sites for hydroxylation is 1. The zero-order valence-electron chi connectivity index (χ0n) is 15.8. The first-order valence-electron chi connectivity index (χ1n) is 8.97. The van der Waals surface area contributed by atoms with E-state index in [-0.39, 0.29) is 0 Å². The molecule has 0 amide bonds. The second-order valence-electron chi connectivity index (χ2n) is 6.10. The highest BCUT2D eigenvalue weighted by Crippen LogP contribution is 2.34. The van der Waals surface area contributed by atoms with Crippen molar-refractivity contribution in [2.45, 2.75) is 33.4 Å². The molecule has 4 nitrogen and oxygen atoms in total. The van der Waals surface area contributed by atoms with Crippen molar-refractivity contribution >= 4 is 15.9 Å². The highest BCUT2D eigenvalue weighted by atomic mass is 79.9. The molecule has 2 rings (SSSR count). The average molecular weight is 422 g/mol. The van der Waals surface area contributed by atoms with Crippen molar-refractivity contribution in [2.75, 3.05) is 26.9 Å². The van der Waals surface area contributed by atoms with Crippen molar-refractivity contribution in [1.82, 2.24) is 5.32 Å². The Morgan fingerprint density at radius 3 is 2.69 bits per heavy atom. The van der Waals surface area contributed by atoms with Crippen LogP contribution in [0.1, 0.15) is 30.0 Å². The van der Waals surface area contributed by atoms with E-state index in [0.29, 0.717) is 6.61 Å². The molecule has 142 valence electrons. The Kier molecular flexibility index (Phi) is 8.95. The maximum absolute atomic E-state index is 5.98. The molecule has 0 aliphatic carbocycles. The van der Waals surface area contributed by atoms with Gasteiger partial charge in [0.2, 0.25) is 0 Å². The van der Waals surface area contributed by atoms with E-state index in [4.69, 9.17) is 14.2 Å². The van der Waals surface area contributed by atoms with Crippen molar-refractivity contribution in [3.8, 4) is 11.5 Å². The summed E-state index contributed by atoms with van der Waals surface area (Å²) in [6, 6.07) is 12.3. The van der Waals surface area contributed by atoms with Gasteiger partial charge in [-0.3, -0.25) is 0 Å². The molecule has 0 bridgehead atoms. The minimum absolute atomic E-state index is 0.513. The second-order valence-corrected chi connectivity index (χ2v) is 6.95. The van der Waals surface area contributed by atoms with Gasteiger partial charge in [0.15, 0.2) is 11.5 Å². The van der Waals surface area contributed by atoms with Crippen LogP contribution in [-0.2, 0) is 17.9 Å². The van der Waals surface area contributed by atoms with E-state index < -0.39 is 0 Å². The van der Waals surface area contributed by atoms with E-state index in [0.717, 1.165) is 59.8 Å². The van der Waals surface area contributed by atoms with Crippen LogP contribution in [0.25, 0.3) is 0 Å². The fraction of sp³-hybridized carbons (Fsp3) is 0.429. The third-order valence-corrected chi connectivity index (χ3v) is 4.71. The third-order valence-electron chi connectivity index (χ3n) is 3.97. The van der Waals surface area contributed by atoms with Crippen molar-refractivity contribution in [3.63, 3.8) is 0 Å². The molecule has 0 radical (unpaired) electrons. The molecule has 5 heteroatoms. The predicted octanol–water partition coefficient (Wildman–Crippen LogP) is 4.86. The van der Waals surface area contributed by atoms with Gasteiger partial charge in [0.05, 0.1) is 7.11 Å². The number of methoxy groups -OCH3 is 1. The molecular weight excluding hydrogens is 394 g/mol. The molecule has 0 saturated heterocycles. The third kappa shape index (κ3) is 6.63. The van der Waals surface area contributed by atoms with Gasteiger partial charge >= 0.3 is 0 Å². The molecule has 0 heterocycles. The molecule has 0 aromatic heterocycles. The molecule has 2 aromatic rings. The van der Waals surface area contributed by atoms with Gasteiger partial charge in [-0.25, -0.2) is 0 Å². The SMILES string of the molecule is CCOCCCNCc1cc(OC)c(OCc2cccc(C)c2)cc1Br. The fourth-order valence-electron chi connectivity index (χ4n) is 2.61. The summed E-state index contributed by atoms with van der Waals surface area (Å²) in [5.41, 5.74) is 3.51. The highest BCUT2D eigenvalue weighted by Gasteiger charge is 2.10. The Bertz CT molecular complexity index is 691. The van der Waals surface area contributed by atoms with Crippen LogP contribution in [0.4, 0.5) is 0 Å². The Morgan fingerprint density at radius 1 is 1.12 bits per heavy atom. The van der Waals surface area contributed by atoms with E-state index in [2.05, 4.69) is 46.4 Å². The quantitative estimate of drug-likeness (QED) is 0.525. The summed E-state index contributed by atoms with van der Waals surface area (Å²) in [5, 5.41) is 3.43. The Hall–Kier alpha value is -1.56. The minimum atomic E-state index is 0.513. The lowest BCUT2D eigenvalue weighted by Crippen LogP contribution is -2.16. The van der Waals surface area contributed by atoms with Crippen LogP contribution in [0.15, 0.2) is 40.9 Å². The molecule has 2 aromatic carbocycles. The molecule has 0 aliphatic rings. The summed E-state index contributed by atoms with van der Waals surface area (Å²) in [7, 11) is 1.67. The zero-order valence-corrected chi connectivity index (χ0v) is 17.4. The van der Waals surface area contributed by atoms with Crippen LogP contribution in [0.5, 0.6) is 11.5 Å². The van der Waals surface area contributed by atoms with Gasteiger partial charge in [0.1, 0.15) is 6.61 Å². The summed E-state index contributed by atoms with van der Waals surface area (Å²) in [6.45, 7) is 7.85. The summed E-state index contributed by atoms with van der Waals surface area (Å²) < 4.78 is 17.9. The molecular formula is C21H28BrNO3. The maximum atomic E-state index is 5.98. The number of rotatable bonds is 11. The van der Waals surface area contributed by atoms with E-state index in [1.165, 1.54) is 5.56 Å². The number of hydrogen-bond acceptors (Lipinski definition) is 4. The monoisotopic (exact) mass is 421 g/mol. The standard InChI is InChI=1S/C21H28BrNO3/c1-4-25-10-6-9-23-14-18-12-20(24-3)21(13-19(18)22)26-15-17-8-5-7-16(2)11-17/h5,7-8,11-13,23H,4,6,9-10,14-15H2,1-3H3. The van der Waals surface area contributed by atoms with Gasteiger partial charge in [-0.15, -0.1) is 0 Å². The van der Waals surface area contributed by atoms with E-state index in [9.17, 15) is 0 Å². The molecule has 0 spiro atoms. The fourth-order valence-corrected chi connectivity index (χ4v) is 3.08. The lowest BCUT2D eigenvalue weighted by Gasteiger charge is -2.15. The van der Waals surface area contributed by atoms with Crippen LogP contribution >= 0.6 is 15.9 Å². The Morgan fingerprint density at radius 2 is 1.96 bits per heavy atom. The maximum Gasteiger partial charge on any atom is 0.162 e. The van der Waals surface area contributed by atoms with Crippen LogP contribution in [0, 0.1) is 6.92 Å². The van der Waals surface area contributed by atoms with Gasteiger partial charge < -0.3 is 19.5 Å². The van der Waals surface area contributed by atoms with Gasteiger partial charge in [0.25, 0.3) is 0 Å².